The Morgan fingerprint density at radius 2 is 2.17 bits per heavy atom. The molecule has 1 aromatic rings. The summed E-state index contributed by atoms with van der Waals surface area (Å²) in [5.41, 5.74) is 3.90. The van der Waals surface area contributed by atoms with Gasteiger partial charge in [0.1, 0.15) is 11.4 Å². The van der Waals surface area contributed by atoms with Crippen LogP contribution in [0.4, 0.5) is 5.82 Å². The number of ether oxygens (including phenoxy) is 1. The summed E-state index contributed by atoms with van der Waals surface area (Å²) in [6.45, 7) is 1.53. The summed E-state index contributed by atoms with van der Waals surface area (Å²) in [7, 11) is 0. The van der Waals surface area contributed by atoms with E-state index >= 15 is 0 Å². The Hall–Kier alpha value is -2.64. The molecule has 0 spiro atoms. The zero-order valence-corrected chi connectivity index (χ0v) is 13.5. The summed E-state index contributed by atoms with van der Waals surface area (Å²) in [4.78, 5) is 49.6. The summed E-state index contributed by atoms with van der Waals surface area (Å²) in [5, 5.41) is 0. The lowest BCUT2D eigenvalue weighted by Gasteiger charge is -2.11. The standard InChI is InChI=1S/C16H21N3O5/c1-2-7-19-14(17)13(15(22)18-16(19)23)11(20)9-24-12(21)8-10-5-3-4-6-10/h3,5,10H,2,4,6-9,17H2,1H3,(H,18,22,23)/t10-/m0/s1. The lowest BCUT2D eigenvalue weighted by molar-refractivity contribution is -0.143. The third-order valence-electron chi connectivity index (χ3n) is 3.87. The molecule has 130 valence electrons. The fourth-order valence-electron chi connectivity index (χ4n) is 2.66. The molecule has 0 saturated heterocycles. The van der Waals surface area contributed by atoms with E-state index in [0.717, 1.165) is 17.4 Å². The van der Waals surface area contributed by atoms with E-state index in [1.807, 2.05) is 19.1 Å². The SMILES string of the molecule is CCCn1c(N)c(C(=O)COC(=O)C[C@H]2C=CCC2)c(=O)[nH]c1=O. The molecule has 1 atom stereocenters. The molecule has 8 heteroatoms. The van der Waals surface area contributed by atoms with E-state index in [1.54, 1.807) is 0 Å². The van der Waals surface area contributed by atoms with E-state index in [2.05, 4.69) is 4.98 Å². The molecule has 2 rings (SSSR count). The van der Waals surface area contributed by atoms with Crippen LogP contribution >= 0.6 is 0 Å². The molecule has 1 heterocycles. The predicted molar refractivity (Wildman–Crippen MR) is 87.8 cm³/mol. The molecule has 24 heavy (non-hydrogen) atoms. The first-order chi connectivity index (χ1) is 11.4. The van der Waals surface area contributed by atoms with Gasteiger partial charge >= 0.3 is 11.7 Å². The van der Waals surface area contributed by atoms with Crippen molar-refractivity contribution in [3.63, 3.8) is 0 Å². The second-order valence-corrected chi connectivity index (χ2v) is 5.72. The molecular weight excluding hydrogens is 314 g/mol. The minimum Gasteiger partial charge on any atom is -0.457 e. The highest BCUT2D eigenvalue weighted by Gasteiger charge is 2.21. The maximum absolute atomic E-state index is 12.2. The van der Waals surface area contributed by atoms with E-state index in [-0.39, 0.29) is 30.3 Å². The van der Waals surface area contributed by atoms with Gasteiger partial charge < -0.3 is 10.5 Å². The Morgan fingerprint density at radius 1 is 1.42 bits per heavy atom. The van der Waals surface area contributed by atoms with E-state index in [0.29, 0.717) is 6.42 Å². The number of anilines is 1. The molecule has 3 N–H and O–H groups in total. The Bertz CT molecular complexity index is 775. The smallest absolute Gasteiger partial charge is 0.329 e. The number of allylic oxidation sites excluding steroid dienone is 2. The van der Waals surface area contributed by atoms with E-state index in [4.69, 9.17) is 10.5 Å². The first kappa shape index (κ1) is 17.7. The number of carbonyl (C=O) groups excluding carboxylic acids is 2. The molecule has 1 aliphatic rings. The molecule has 0 aliphatic heterocycles. The van der Waals surface area contributed by atoms with Crippen LogP contribution in [0.25, 0.3) is 0 Å². The van der Waals surface area contributed by atoms with Gasteiger partial charge in [0.2, 0.25) is 5.78 Å². The zero-order chi connectivity index (χ0) is 17.7. The van der Waals surface area contributed by atoms with Gasteiger partial charge in [-0.1, -0.05) is 19.1 Å². The van der Waals surface area contributed by atoms with Crippen molar-refractivity contribution in [3.8, 4) is 0 Å². The van der Waals surface area contributed by atoms with Crippen LogP contribution < -0.4 is 17.0 Å². The number of H-pyrrole nitrogens is 1. The molecule has 8 nitrogen and oxygen atoms in total. The number of carbonyl (C=O) groups is 2. The van der Waals surface area contributed by atoms with Gasteiger partial charge in [0.25, 0.3) is 5.56 Å². The van der Waals surface area contributed by atoms with Crippen molar-refractivity contribution >= 4 is 17.6 Å². The number of hydrogen-bond donors (Lipinski definition) is 2. The van der Waals surface area contributed by atoms with Crippen LogP contribution in [0.5, 0.6) is 0 Å². The zero-order valence-electron chi connectivity index (χ0n) is 13.5. The number of nitrogen functional groups attached to an aromatic ring is 1. The number of rotatable bonds is 7. The molecule has 0 unspecified atom stereocenters. The van der Waals surface area contributed by atoms with Gasteiger partial charge in [-0.2, -0.15) is 0 Å². The highest BCUT2D eigenvalue weighted by Crippen LogP contribution is 2.20. The van der Waals surface area contributed by atoms with Gasteiger partial charge in [-0.25, -0.2) is 4.79 Å². The van der Waals surface area contributed by atoms with Crippen molar-refractivity contribution in [2.75, 3.05) is 12.3 Å². The average Bonchev–Trinajstić information content (AvgIpc) is 3.02. The molecule has 0 fully saturated rings. The normalized spacial score (nSPS) is 16.3. The maximum Gasteiger partial charge on any atom is 0.329 e. The van der Waals surface area contributed by atoms with Gasteiger partial charge in [-0.05, 0) is 25.2 Å². The fraction of sp³-hybridized carbons (Fsp3) is 0.500. The van der Waals surface area contributed by atoms with Crippen molar-refractivity contribution in [3.05, 3.63) is 38.6 Å². The number of ketones is 1. The topological polar surface area (TPSA) is 124 Å². The highest BCUT2D eigenvalue weighted by atomic mass is 16.5. The number of esters is 1. The largest absolute Gasteiger partial charge is 0.457 e. The Balaban J connectivity index is 2.07. The Kier molecular flexibility index (Phi) is 5.73. The van der Waals surface area contributed by atoms with Crippen molar-refractivity contribution < 1.29 is 14.3 Å². The molecule has 0 aromatic carbocycles. The first-order valence-electron chi connectivity index (χ1n) is 7.92. The highest BCUT2D eigenvalue weighted by molar-refractivity contribution is 6.01. The molecule has 0 bridgehead atoms. The number of aromatic amines is 1. The fourth-order valence-corrected chi connectivity index (χ4v) is 2.66. The number of aromatic nitrogens is 2. The van der Waals surface area contributed by atoms with Crippen LogP contribution in [0.1, 0.15) is 43.0 Å². The summed E-state index contributed by atoms with van der Waals surface area (Å²) in [5.74, 6) is -1.30. The summed E-state index contributed by atoms with van der Waals surface area (Å²) >= 11 is 0. The second-order valence-electron chi connectivity index (χ2n) is 5.72. The van der Waals surface area contributed by atoms with Crippen LogP contribution in [-0.4, -0.2) is 27.9 Å². The third kappa shape index (κ3) is 4.01. The first-order valence-corrected chi connectivity index (χ1v) is 7.92. The van der Waals surface area contributed by atoms with Gasteiger partial charge in [-0.3, -0.25) is 23.9 Å². The van der Waals surface area contributed by atoms with Gasteiger partial charge in [-0.15, -0.1) is 0 Å². The minimum atomic E-state index is -0.871. The van der Waals surface area contributed by atoms with Crippen LogP contribution in [-0.2, 0) is 16.1 Å². The second kappa shape index (κ2) is 7.76. The molecular formula is C16H21N3O5. The maximum atomic E-state index is 12.2. The van der Waals surface area contributed by atoms with Crippen molar-refractivity contribution in [2.45, 2.75) is 39.2 Å². The van der Waals surface area contributed by atoms with Gasteiger partial charge in [0, 0.05) is 6.54 Å². The summed E-state index contributed by atoms with van der Waals surface area (Å²) in [6.07, 6.45) is 6.57. The molecule has 1 aliphatic carbocycles. The molecule has 0 saturated carbocycles. The molecule has 0 radical (unpaired) electrons. The predicted octanol–water partition coefficient (Wildman–Crippen LogP) is 0.611. The number of nitrogens with zero attached hydrogens (tertiary/aromatic N) is 1. The lowest BCUT2D eigenvalue weighted by atomic mass is 10.1. The summed E-state index contributed by atoms with van der Waals surface area (Å²) < 4.78 is 6.07. The third-order valence-corrected chi connectivity index (χ3v) is 3.87. The Labute approximate surface area is 138 Å². The van der Waals surface area contributed by atoms with E-state index in [1.165, 1.54) is 0 Å². The van der Waals surface area contributed by atoms with Crippen LogP contribution in [0.3, 0.4) is 0 Å². The van der Waals surface area contributed by atoms with E-state index in [9.17, 15) is 19.2 Å². The van der Waals surface area contributed by atoms with Crippen LogP contribution in [0.15, 0.2) is 21.7 Å². The molecule has 1 aromatic heterocycles. The van der Waals surface area contributed by atoms with Gasteiger partial charge in [0.15, 0.2) is 6.61 Å². The van der Waals surface area contributed by atoms with Crippen molar-refractivity contribution in [1.29, 1.82) is 0 Å². The van der Waals surface area contributed by atoms with E-state index < -0.39 is 29.6 Å². The minimum absolute atomic E-state index is 0.132. The molecule has 0 amide bonds. The number of nitrogens with two attached hydrogens (primary N) is 1. The number of hydrogen-bond acceptors (Lipinski definition) is 6. The lowest BCUT2D eigenvalue weighted by Crippen LogP contribution is -2.37. The number of Topliss-reactive ketones (excluding diaryl/α,β-unsaturated/α-hetero) is 1. The van der Waals surface area contributed by atoms with Crippen molar-refractivity contribution in [2.24, 2.45) is 5.92 Å². The van der Waals surface area contributed by atoms with Gasteiger partial charge in [0.05, 0.1) is 6.42 Å². The average molecular weight is 335 g/mol. The summed E-state index contributed by atoms with van der Waals surface area (Å²) in [6, 6.07) is 0. The quantitative estimate of drug-likeness (QED) is 0.427. The van der Waals surface area contributed by atoms with Crippen molar-refractivity contribution in [1.82, 2.24) is 9.55 Å². The number of nitrogens with one attached hydrogen (secondary N) is 1. The Morgan fingerprint density at radius 3 is 2.79 bits per heavy atom. The van der Waals surface area contributed by atoms with Crippen LogP contribution in [0, 0.1) is 5.92 Å². The monoisotopic (exact) mass is 335 g/mol. The van der Waals surface area contributed by atoms with Crippen LogP contribution in [0.2, 0.25) is 0 Å².